The molecule has 4 nitrogen and oxygen atoms in total. The summed E-state index contributed by atoms with van der Waals surface area (Å²) in [5.41, 5.74) is 1.88. The lowest BCUT2D eigenvalue weighted by Crippen LogP contribution is -2.09. The highest BCUT2D eigenvalue weighted by Crippen LogP contribution is 2.26. The van der Waals surface area contributed by atoms with E-state index in [4.69, 9.17) is 0 Å². The molecule has 0 saturated heterocycles. The SMILES string of the molecule is CN(C)c1ccc(C(=O)c2ccc(O)c(O)c2)cc1. The van der Waals surface area contributed by atoms with Crippen molar-refractivity contribution in [3.63, 3.8) is 0 Å². The van der Waals surface area contributed by atoms with Crippen molar-refractivity contribution in [3.8, 4) is 11.5 Å². The minimum Gasteiger partial charge on any atom is -0.504 e. The fraction of sp³-hybridized carbons (Fsp3) is 0.133. The number of anilines is 1. The van der Waals surface area contributed by atoms with Gasteiger partial charge in [-0.15, -0.1) is 0 Å². The molecule has 98 valence electrons. The van der Waals surface area contributed by atoms with Crippen LogP contribution in [0.1, 0.15) is 15.9 Å². The van der Waals surface area contributed by atoms with Crippen molar-refractivity contribution in [1.82, 2.24) is 0 Å². The Bertz CT molecular complexity index is 603. The average molecular weight is 257 g/mol. The van der Waals surface area contributed by atoms with Crippen LogP contribution in [0.25, 0.3) is 0 Å². The van der Waals surface area contributed by atoms with Crippen molar-refractivity contribution in [2.75, 3.05) is 19.0 Å². The van der Waals surface area contributed by atoms with Gasteiger partial charge in [-0.25, -0.2) is 0 Å². The number of nitrogens with zero attached hydrogens (tertiary/aromatic N) is 1. The quantitative estimate of drug-likeness (QED) is 0.654. The molecule has 0 fully saturated rings. The van der Waals surface area contributed by atoms with Gasteiger partial charge in [0.05, 0.1) is 0 Å². The van der Waals surface area contributed by atoms with Gasteiger partial charge in [-0.05, 0) is 42.5 Å². The standard InChI is InChI=1S/C15H15NO3/c1-16(2)12-6-3-10(4-7-12)15(19)11-5-8-13(17)14(18)9-11/h3-9,17-18H,1-2H3. The molecule has 0 aliphatic heterocycles. The average Bonchev–Trinajstić information content (AvgIpc) is 2.41. The molecule has 0 aliphatic rings. The van der Waals surface area contributed by atoms with Gasteiger partial charge in [-0.3, -0.25) is 4.79 Å². The first kappa shape index (κ1) is 13.0. The Morgan fingerprint density at radius 1 is 0.895 bits per heavy atom. The summed E-state index contributed by atoms with van der Waals surface area (Å²) in [4.78, 5) is 14.1. The lowest BCUT2D eigenvalue weighted by Gasteiger charge is -2.12. The van der Waals surface area contributed by atoms with Crippen LogP contribution in [-0.4, -0.2) is 30.1 Å². The van der Waals surface area contributed by atoms with Gasteiger partial charge < -0.3 is 15.1 Å². The summed E-state index contributed by atoms with van der Waals surface area (Å²) in [6.07, 6.45) is 0. The lowest BCUT2D eigenvalue weighted by molar-refractivity contribution is 0.103. The molecule has 0 aromatic heterocycles. The van der Waals surface area contributed by atoms with Crippen molar-refractivity contribution in [3.05, 3.63) is 53.6 Å². The first-order valence-electron chi connectivity index (χ1n) is 5.83. The molecule has 0 saturated carbocycles. The Kier molecular flexibility index (Phi) is 3.42. The Morgan fingerprint density at radius 3 is 2.00 bits per heavy atom. The van der Waals surface area contributed by atoms with E-state index in [1.165, 1.54) is 18.2 Å². The summed E-state index contributed by atoms with van der Waals surface area (Å²) in [6, 6.07) is 11.2. The van der Waals surface area contributed by atoms with E-state index in [1.807, 2.05) is 31.1 Å². The molecule has 0 heterocycles. The van der Waals surface area contributed by atoms with Gasteiger partial charge >= 0.3 is 0 Å². The van der Waals surface area contributed by atoms with Gasteiger partial charge in [0.2, 0.25) is 0 Å². The Balaban J connectivity index is 2.30. The molecule has 2 aromatic rings. The van der Waals surface area contributed by atoms with Crippen molar-refractivity contribution in [2.24, 2.45) is 0 Å². The zero-order chi connectivity index (χ0) is 14.0. The van der Waals surface area contributed by atoms with Crippen molar-refractivity contribution in [1.29, 1.82) is 0 Å². The Labute approximate surface area is 111 Å². The van der Waals surface area contributed by atoms with E-state index < -0.39 is 0 Å². The lowest BCUT2D eigenvalue weighted by atomic mass is 10.0. The molecule has 0 aliphatic carbocycles. The first-order valence-corrected chi connectivity index (χ1v) is 5.83. The molecule has 2 N–H and O–H groups in total. The van der Waals surface area contributed by atoms with Crippen LogP contribution in [0.4, 0.5) is 5.69 Å². The van der Waals surface area contributed by atoms with Crippen LogP contribution in [-0.2, 0) is 0 Å². The largest absolute Gasteiger partial charge is 0.504 e. The number of carbonyl (C=O) groups excluding carboxylic acids is 1. The second-order valence-electron chi connectivity index (χ2n) is 4.47. The molecule has 19 heavy (non-hydrogen) atoms. The molecule has 2 aromatic carbocycles. The third kappa shape index (κ3) is 2.68. The van der Waals surface area contributed by atoms with Crippen molar-refractivity contribution < 1.29 is 15.0 Å². The number of phenols is 2. The van der Waals surface area contributed by atoms with Crippen LogP contribution in [0.3, 0.4) is 0 Å². The maximum Gasteiger partial charge on any atom is 0.193 e. The van der Waals surface area contributed by atoms with E-state index in [1.54, 1.807) is 12.1 Å². The van der Waals surface area contributed by atoms with Crippen LogP contribution >= 0.6 is 0 Å². The van der Waals surface area contributed by atoms with Crippen LogP contribution in [0, 0.1) is 0 Å². The summed E-state index contributed by atoms with van der Waals surface area (Å²) < 4.78 is 0. The van der Waals surface area contributed by atoms with Gasteiger partial charge in [0.1, 0.15) is 0 Å². The number of carbonyl (C=O) groups is 1. The van der Waals surface area contributed by atoms with Gasteiger partial charge in [0.15, 0.2) is 17.3 Å². The molecule has 0 bridgehead atoms. The van der Waals surface area contributed by atoms with Crippen LogP contribution in [0.2, 0.25) is 0 Å². The summed E-state index contributed by atoms with van der Waals surface area (Å²) in [6.45, 7) is 0. The van der Waals surface area contributed by atoms with Crippen molar-refractivity contribution in [2.45, 2.75) is 0 Å². The minimum absolute atomic E-state index is 0.194. The zero-order valence-corrected chi connectivity index (χ0v) is 10.8. The predicted molar refractivity (Wildman–Crippen MR) is 74.0 cm³/mol. The second kappa shape index (κ2) is 5.02. The Hall–Kier alpha value is -2.49. The summed E-state index contributed by atoms with van der Waals surface area (Å²) in [5, 5.41) is 18.6. The highest BCUT2D eigenvalue weighted by atomic mass is 16.3. The number of rotatable bonds is 3. The smallest absolute Gasteiger partial charge is 0.193 e. The highest BCUT2D eigenvalue weighted by molar-refractivity contribution is 6.09. The van der Waals surface area contributed by atoms with Gasteiger partial charge in [0, 0.05) is 30.9 Å². The van der Waals surface area contributed by atoms with Gasteiger partial charge in [-0.1, -0.05) is 0 Å². The number of aromatic hydroxyl groups is 2. The molecule has 2 rings (SSSR count). The third-order valence-corrected chi connectivity index (χ3v) is 2.88. The molecule has 0 unspecified atom stereocenters. The molecular weight excluding hydrogens is 242 g/mol. The molecule has 0 spiro atoms. The number of hydrogen-bond donors (Lipinski definition) is 2. The maximum atomic E-state index is 12.2. The Morgan fingerprint density at radius 2 is 1.47 bits per heavy atom. The van der Waals surface area contributed by atoms with E-state index in [9.17, 15) is 15.0 Å². The number of benzene rings is 2. The topological polar surface area (TPSA) is 60.8 Å². The molecule has 0 radical (unpaired) electrons. The normalized spacial score (nSPS) is 10.2. The fourth-order valence-electron chi connectivity index (χ4n) is 1.74. The molecule has 4 heteroatoms. The van der Waals surface area contributed by atoms with Crippen LogP contribution < -0.4 is 4.90 Å². The minimum atomic E-state index is -0.296. The summed E-state index contributed by atoms with van der Waals surface area (Å²) in [5.74, 6) is -0.726. The van der Waals surface area contributed by atoms with Gasteiger partial charge in [-0.2, -0.15) is 0 Å². The molecule has 0 amide bonds. The van der Waals surface area contributed by atoms with E-state index in [0.717, 1.165) is 5.69 Å². The number of hydrogen-bond acceptors (Lipinski definition) is 4. The van der Waals surface area contributed by atoms with E-state index in [0.29, 0.717) is 11.1 Å². The predicted octanol–water partition coefficient (Wildman–Crippen LogP) is 2.39. The fourth-order valence-corrected chi connectivity index (χ4v) is 1.74. The van der Waals surface area contributed by atoms with E-state index in [-0.39, 0.29) is 17.3 Å². The third-order valence-electron chi connectivity index (χ3n) is 2.88. The van der Waals surface area contributed by atoms with E-state index in [2.05, 4.69) is 0 Å². The summed E-state index contributed by atoms with van der Waals surface area (Å²) >= 11 is 0. The monoisotopic (exact) mass is 257 g/mol. The highest BCUT2D eigenvalue weighted by Gasteiger charge is 2.11. The van der Waals surface area contributed by atoms with E-state index >= 15 is 0 Å². The summed E-state index contributed by atoms with van der Waals surface area (Å²) in [7, 11) is 3.85. The molecular formula is C15H15NO3. The molecule has 0 atom stereocenters. The number of ketones is 1. The van der Waals surface area contributed by atoms with Gasteiger partial charge in [0.25, 0.3) is 0 Å². The maximum absolute atomic E-state index is 12.2. The number of phenolic OH excluding ortho intramolecular Hbond substituents is 2. The van der Waals surface area contributed by atoms with Crippen molar-refractivity contribution >= 4 is 11.5 Å². The van der Waals surface area contributed by atoms with Crippen LogP contribution in [0.15, 0.2) is 42.5 Å². The zero-order valence-electron chi connectivity index (χ0n) is 10.8. The first-order chi connectivity index (χ1) is 8.99. The van der Waals surface area contributed by atoms with Crippen LogP contribution in [0.5, 0.6) is 11.5 Å². The second-order valence-corrected chi connectivity index (χ2v) is 4.47.